The van der Waals surface area contributed by atoms with Crippen molar-refractivity contribution in [1.82, 2.24) is 10.2 Å². The Balaban J connectivity index is 1.45. The molecule has 1 heterocycles. The van der Waals surface area contributed by atoms with Gasteiger partial charge in [-0.1, -0.05) is 24.3 Å². The standard InChI is InChI=1S/C17H24N2O2/c20-16(17(21)8-3-4-9-17)18-10-12-19-11-7-14-5-1-2-6-15(14)13-19/h1-2,5-6,21H,3-4,7-13H2,(H,18,20). The number of amides is 1. The van der Waals surface area contributed by atoms with Gasteiger partial charge in [0.2, 0.25) is 0 Å². The van der Waals surface area contributed by atoms with E-state index >= 15 is 0 Å². The molecule has 1 aromatic carbocycles. The van der Waals surface area contributed by atoms with Gasteiger partial charge in [-0.05, 0) is 43.2 Å². The summed E-state index contributed by atoms with van der Waals surface area (Å²) in [5.41, 5.74) is 1.73. The third kappa shape index (κ3) is 3.27. The smallest absolute Gasteiger partial charge is 0.252 e. The van der Waals surface area contributed by atoms with Crippen LogP contribution >= 0.6 is 0 Å². The van der Waals surface area contributed by atoms with E-state index in [4.69, 9.17) is 0 Å². The molecule has 4 nitrogen and oxygen atoms in total. The number of benzene rings is 1. The van der Waals surface area contributed by atoms with Crippen LogP contribution in [-0.2, 0) is 17.8 Å². The summed E-state index contributed by atoms with van der Waals surface area (Å²) in [5.74, 6) is -0.183. The molecule has 1 amide bonds. The third-order valence-electron chi connectivity index (χ3n) is 4.78. The van der Waals surface area contributed by atoms with Crippen LogP contribution in [0.3, 0.4) is 0 Å². The molecule has 1 aliphatic heterocycles. The van der Waals surface area contributed by atoms with Gasteiger partial charge in [0.05, 0.1) is 0 Å². The molecule has 0 atom stereocenters. The van der Waals surface area contributed by atoms with Crippen molar-refractivity contribution in [2.45, 2.75) is 44.2 Å². The van der Waals surface area contributed by atoms with E-state index in [-0.39, 0.29) is 5.91 Å². The fraction of sp³-hybridized carbons (Fsp3) is 0.588. The molecule has 3 rings (SSSR count). The lowest BCUT2D eigenvalue weighted by Crippen LogP contribution is -2.47. The fourth-order valence-electron chi connectivity index (χ4n) is 3.42. The van der Waals surface area contributed by atoms with Crippen LogP contribution in [0.15, 0.2) is 24.3 Å². The van der Waals surface area contributed by atoms with Crippen LogP contribution < -0.4 is 5.32 Å². The van der Waals surface area contributed by atoms with Gasteiger partial charge in [0, 0.05) is 26.2 Å². The molecule has 0 bridgehead atoms. The Kier molecular flexibility index (Phi) is 4.27. The lowest BCUT2D eigenvalue weighted by atomic mass is 10.00. The Hall–Kier alpha value is -1.39. The second kappa shape index (κ2) is 6.16. The molecule has 0 unspecified atom stereocenters. The largest absolute Gasteiger partial charge is 0.380 e. The van der Waals surface area contributed by atoms with Crippen LogP contribution in [-0.4, -0.2) is 41.1 Å². The minimum atomic E-state index is -1.10. The van der Waals surface area contributed by atoms with E-state index in [2.05, 4.69) is 34.5 Å². The van der Waals surface area contributed by atoms with Crippen molar-refractivity contribution < 1.29 is 9.90 Å². The Morgan fingerprint density at radius 1 is 1.24 bits per heavy atom. The molecular weight excluding hydrogens is 264 g/mol. The third-order valence-corrected chi connectivity index (χ3v) is 4.78. The molecule has 2 aliphatic rings. The summed E-state index contributed by atoms with van der Waals surface area (Å²) in [4.78, 5) is 14.4. The molecule has 0 spiro atoms. The highest BCUT2D eigenvalue weighted by atomic mass is 16.3. The maximum absolute atomic E-state index is 12.0. The molecule has 0 saturated heterocycles. The van der Waals surface area contributed by atoms with E-state index in [9.17, 15) is 9.90 Å². The van der Waals surface area contributed by atoms with Crippen molar-refractivity contribution in [3.63, 3.8) is 0 Å². The molecular formula is C17H24N2O2. The van der Waals surface area contributed by atoms with Crippen molar-refractivity contribution in [2.75, 3.05) is 19.6 Å². The Labute approximate surface area is 126 Å². The van der Waals surface area contributed by atoms with E-state index in [1.807, 2.05) is 0 Å². The summed E-state index contributed by atoms with van der Waals surface area (Å²) in [7, 11) is 0. The highest BCUT2D eigenvalue weighted by Crippen LogP contribution is 2.29. The summed E-state index contributed by atoms with van der Waals surface area (Å²) in [6, 6.07) is 8.56. The average molecular weight is 288 g/mol. The number of nitrogens with one attached hydrogen (secondary N) is 1. The number of hydrogen-bond acceptors (Lipinski definition) is 3. The van der Waals surface area contributed by atoms with Gasteiger partial charge in [-0.25, -0.2) is 0 Å². The normalized spacial score (nSPS) is 21.0. The zero-order chi connectivity index (χ0) is 14.7. The maximum atomic E-state index is 12.0. The highest BCUT2D eigenvalue weighted by Gasteiger charge is 2.38. The summed E-state index contributed by atoms with van der Waals surface area (Å²) < 4.78 is 0. The highest BCUT2D eigenvalue weighted by molar-refractivity contribution is 5.85. The number of carbonyl (C=O) groups is 1. The summed E-state index contributed by atoms with van der Waals surface area (Å²) >= 11 is 0. The van der Waals surface area contributed by atoms with Crippen molar-refractivity contribution in [2.24, 2.45) is 0 Å². The molecule has 0 aromatic heterocycles. The van der Waals surface area contributed by atoms with Gasteiger partial charge in [-0.15, -0.1) is 0 Å². The van der Waals surface area contributed by atoms with Crippen LogP contribution in [0.1, 0.15) is 36.8 Å². The van der Waals surface area contributed by atoms with E-state index in [0.717, 1.165) is 38.9 Å². The monoisotopic (exact) mass is 288 g/mol. The molecule has 4 heteroatoms. The van der Waals surface area contributed by atoms with Gasteiger partial charge in [-0.3, -0.25) is 9.69 Å². The van der Waals surface area contributed by atoms with Gasteiger partial charge in [0.1, 0.15) is 5.60 Å². The van der Waals surface area contributed by atoms with Crippen LogP contribution in [0, 0.1) is 0 Å². The number of nitrogens with zero attached hydrogens (tertiary/aromatic N) is 1. The van der Waals surface area contributed by atoms with Gasteiger partial charge >= 0.3 is 0 Å². The predicted octanol–water partition coefficient (Wildman–Crippen LogP) is 1.47. The fourth-order valence-corrected chi connectivity index (χ4v) is 3.42. The number of carbonyl (C=O) groups excluding carboxylic acids is 1. The predicted molar refractivity (Wildman–Crippen MR) is 81.9 cm³/mol. The van der Waals surface area contributed by atoms with Crippen LogP contribution in [0.2, 0.25) is 0 Å². The molecule has 1 aliphatic carbocycles. The van der Waals surface area contributed by atoms with E-state index in [0.29, 0.717) is 19.4 Å². The van der Waals surface area contributed by atoms with Crippen LogP contribution in [0.4, 0.5) is 0 Å². The van der Waals surface area contributed by atoms with Gasteiger partial charge in [0.15, 0.2) is 0 Å². The number of fused-ring (bicyclic) bond motifs is 1. The van der Waals surface area contributed by atoms with Crippen LogP contribution in [0.25, 0.3) is 0 Å². The van der Waals surface area contributed by atoms with Crippen LogP contribution in [0.5, 0.6) is 0 Å². The zero-order valence-corrected chi connectivity index (χ0v) is 12.5. The Morgan fingerprint density at radius 2 is 1.95 bits per heavy atom. The SMILES string of the molecule is O=C(NCCN1CCc2ccccc2C1)C1(O)CCCC1. The summed E-state index contributed by atoms with van der Waals surface area (Å²) in [6.07, 6.45) is 4.19. The quantitative estimate of drug-likeness (QED) is 0.882. The first-order valence-corrected chi connectivity index (χ1v) is 7.97. The lowest BCUT2D eigenvalue weighted by Gasteiger charge is -2.29. The summed E-state index contributed by atoms with van der Waals surface area (Å²) in [6.45, 7) is 3.45. The number of aliphatic hydroxyl groups is 1. The van der Waals surface area contributed by atoms with Crippen molar-refractivity contribution >= 4 is 5.91 Å². The minimum Gasteiger partial charge on any atom is -0.380 e. The first-order valence-electron chi connectivity index (χ1n) is 7.97. The maximum Gasteiger partial charge on any atom is 0.252 e. The van der Waals surface area contributed by atoms with Gasteiger partial charge in [0.25, 0.3) is 5.91 Å². The molecule has 1 fully saturated rings. The molecule has 114 valence electrons. The Bertz CT molecular complexity index is 509. The number of rotatable bonds is 4. The number of hydrogen-bond donors (Lipinski definition) is 2. The molecule has 21 heavy (non-hydrogen) atoms. The first kappa shape index (κ1) is 14.5. The molecule has 1 aromatic rings. The topological polar surface area (TPSA) is 52.6 Å². The van der Waals surface area contributed by atoms with Crippen molar-refractivity contribution in [3.05, 3.63) is 35.4 Å². The molecule has 2 N–H and O–H groups in total. The zero-order valence-electron chi connectivity index (χ0n) is 12.5. The Morgan fingerprint density at radius 3 is 2.71 bits per heavy atom. The van der Waals surface area contributed by atoms with Gasteiger partial charge < -0.3 is 10.4 Å². The van der Waals surface area contributed by atoms with Crippen molar-refractivity contribution in [1.29, 1.82) is 0 Å². The molecule has 0 radical (unpaired) electrons. The lowest BCUT2D eigenvalue weighted by molar-refractivity contribution is -0.139. The minimum absolute atomic E-state index is 0.183. The van der Waals surface area contributed by atoms with Gasteiger partial charge in [-0.2, -0.15) is 0 Å². The van der Waals surface area contributed by atoms with E-state index in [1.165, 1.54) is 11.1 Å². The van der Waals surface area contributed by atoms with E-state index < -0.39 is 5.60 Å². The van der Waals surface area contributed by atoms with Crippen molar-refractivity contribution in [3.8, 4) is 0 Å². The second-order valence-corrected chi connectivity index (χ2v) is 6.29. The summed E-state index contributed by atoms with van der Waals surface area (Å²) in [5, 5.41) is 13.1. The second-order valence-electron chi connectivity index (χ2n) is 6.29. The van der Waals surface area contributed by atoms with E-state index in [1.54, 1.807) is 0 Å². The molecule has 1 saturated carbocycles. The first-order chi connectivity index (χ1) is 10.2. The average Bonchev–Trinajstić information content (AvgIpc) is 2.95.